The highest BCUT2D eigenvalue weighted by molar-refractivity contribution is 9.10. The van der Waals surface area contributed by atoms with Crippen LogP contribution in [0.4, 0.5) is 5.69 Å². The van der Waals surface area contributed by atoms with Crippen molar-refractivity contribution in [2.24, 2.45) is 0 Å². The van der Waals surface area contributed by atoms with Crippen molar-refractivity contribution in [3.05, 3.63) is 81.2 Å². The summed E-state index contributed by atoms with van der Waals surface area (Å²) in [6.07, 6.45) is 0. The molecular weight excluding hydrogens is 461 g/mol. The minimum atomic E-state index is -3.77. The van der Waals surface area contributed by atoms with Crippen LogP contribution in [-0.4, -0.2) is 8.42 Å². The average Bonchev–Trinajstić information content (AvgIpc) is 2.61. The van der Waals surface area contributed by atoms with Gasteiger partial charge in [-0.2, -0.15) is 0 Å². The van der Waals surface area contributed by atoms with Crippen LogP contribution in [0.5, 0.6) is 11.5 Å². The summed E-state index contributed by atoms with van der Waals surface area (Å²) in [5, 5.41) is 0.466. The Balaban J connectivity index is 1.73. The summed E-state index contributed by atoms with van der Waals surface area (Å²) in [5.74, 6) is 1.27. The van der Waals surface area contributed by atoms with Crippen molar-refractivity contribution < 1.29 is 13.2 Å². The van der Waals surface area contributed by atoms with Gasteiger partial charge in [-0.05, 0) is 66.7 Å². The van der Waals surface area contributed by atoms with Gasteiger partial charge < -0.3 is 4.74 Å². The van der Waals surface area contributed by atoms with Gasteiger partial charge in [0.15, 0.2) is 0 Å². The summed E-state index contributed by atoms with van der Waals surface area (Å²) in [6.45, 7) is 0. The summed E-state index contributed by atoms with van der Waals surface area (Å²) in [6, 6.07) is 18.1. The SMILES string of the molecule is O=S(=O)(Nc1ccc(Oc2ccc(Br)cc2)cc1)c1ccc(Cl)c(Cl)c1. The topological polar surface area (TPSA) is 55.4 Å². The molecule has 0 heterocycles. The summed E-state index contributed by atoms with van der Waals surface area (Å²) >= 11 is 15.1. The van der Waals surface area contributed by atoms with Crippen molar-refractivity contribution in [2.45, 2.75) is 4.90 Å². The number of ether oxygens (including phenoxy) is 1. The van der Waals surface area contributed by atoms with E-state index < -0.39 is 10.0 Å². The Morgan fingerprint density at radius 2 is 1.38 bits per heavy atom. The first-order chi connectivity index (χ1) is 12.3. The molecule has 0 aliphatic heterocycles. The Morgan fingerprint density at radius 1 is 0.808 bits per heavy atom. The normalized spacial score (nSPS) is 11.2. The Labute approximate surface area is 169 Å². The van der Waals surface area contributed by atoms with Crippen molar-refractivity contribution in [3.63, 3.8) is 0 Å². The highest BCUT2D eigenvalue weighted by atomic mass is 79.9. The monoisotopic (exact) mass is 471 g/mol. The van der Waals surface area contributed by atoms with Crippen LogP contribution in [0.3, 0.4) is 0 Å². The molecule has 0 bridgehead atoms. The third-order valence-electron chi connectivity index (χ3n) is 3.36. The first-order valence-corrected chi connectivity index (χ1v) is 10.4. The molecule has 0 aromatic heterocycles. The molecule has 1 N–H and O–H groups in total. The lowest BCUT2D eigenvalue weighted by molar-refractivity contribution is 0.482. The van der Waals surface area contributed by atoms with Gasteiger partial charge in [0.25, 0.3) is 10.0 Å². The zero-order valence-corrected chi connectivity index (χ0v) is 17.0. The number of hydrogen-bond donors (Lipinski definition) is 1. The Kier molecular flexibility index (Phi) is 5.77. The fourth-order valence-electron chi connectivity index (χ4n) is 2.09. The largest absolute Gasteiger partial charge is 0.457 e. The van der Waals surface area contributed by atoms with Gasteiger partial charge >= 0.3 is 0 Å². The van der Waals surface area contributed by atoms with Crippen LogP contribution in [0.25, 0.3) is 0 Å². The standard InChI is InChI=1S/C18H12BrCl2NO3S/c19-12-1-5-14(6-2-12)25-15-7-3-13(4-8-15)22-26(23,24)16-9-10-17(20)18(21)11-16/h1-11,22H. The Hall–Kier alpha value is -1.73. The van der Waals surface area contributed by atoms with E-state index in [2.05, 4.69) is 20.7 Å². The number of halogens is 3. The van der Waals surface area contributed by atoms with E-state index in [-0.39, 0.29) is 9.92 Å². The lowest BCUT2D eigenvalue weighted by Crippen LogP contribution is -2.12. The predicted molar refractivity (Wildman–Crippen MR) is 108 cm³/mol. The molecule has 0 amide bonds. The van der Waals surface area contributed by atoms with E-state index in [1.165, 1.54) is 18.2 Å². The van der Waals surface area contributed by atoms with Crippen LogP contribution >= 0.6 is 39.1 Å². The van der Waals surface area contributed by atoms with Crippen molar-refractivity contribution in [3.8, 4) is 11.5 Å². The van der Waals surface area contributed by atoms with Crippen LogP contribution < -0.4 is 9.46 Å². The number of rotatable bonds is 5. The van der Waals surface area contributed by atoms with Crippen LogP contribution in [0, 0.1) is 0 Å². The first kappa shape index (κ1) is 19.0. The molecule has 0 saturated heterocycles. The molecule has 0 aliphatic rings. The summed E-state index contributed by atoms with van der Waals surface area (Å²) in [7, 11) is -3.77. The zero-order chi connectivity index (χ0) is 18.7. The molecule has 0 saturated carbocycles. The van der Waals surface area contributed by atoms with Gasteiger partial charge in [-0.25, -0.2) is 8.42 Å². The molecule has 0 unspecified atom stereocenters. The van der Waals surface area contributed by atoms with E-state index in [4.69, 9.17) is 27.9 Å². The minimum absolute atomic E-state index is 0.0297. The van der Waals surface area contributed by atoms with E-state index in [9.17, 15) is 8.42 Å². The minimum Gasteiger partial charge on any atom is -0.457 e. The van der Waals surface area contributed by atoms with Gasteiger partial charge in [0.05, 0.1) is 14.9 Å². The summed E-state index contributed by atoms with van der Waals surface area (Å²) in [5.41, 5.74) is 0.402. The van der Waals surface area contributed by atoms with Gasteiger partial charge in [-0.1, -0.05) is 39.1 Å². The van der Waals surface area contributed by atoms with Gasteiger partial charge in [0, 0.05) is 10.2 Å². The third kappa shape index (κ3) is 4.71. The molecular formula is C18H12BrCl2NO3S. The zero-order valence-electron chi connectivity index (χ0n) is 13.1. The van der Waals surface area contributed by atoms with Gasteiger partial charge in [-0.15, -0.1) is 0 Å². The Bertz CT molecular complexity index is 1020. The van der Waals surface area contributed by atoms with E-state index in [0.29, 0.717) is 22.2 Å². The summed E-state index contributed by atoms with van der Waals surface area (Å²) in [4.78, 5) is 0.0297. The highest BCUT2D eigenvalue weighted by Gasteiger charge is 2.15. The first-order valence-electron chi connectivity index (χ1n) is 7.35. The van der Waals surface area contributed by atoms with Crippen LogP contribution in [0.15, 0.2) is 76.1 Å². The molecule has 4 nitrogen and oxygen atoms in total. The molecule has 0 aliphatic carbocycles. The molecule has 3 aromatic carbocycles. The third-order valence-corrected chi connectivity index (χ3v) is 6.00. The van der Waals surface area contributed by atoms with Gasteiger partial charge in [0.1, 0.15) is 11.5 Å². The van der Waals surface area contributed by atoms with Gasteiger partial charge in [-0.3, -0.25) is 4.72 Å². The molecule has 26 heavy (non-hydrogen) atoms. The maximum atomic E-state index is 12.4. The van der Waals surface area contributed by atoms with Crippen molar-refractivity contribution in [2.75, 3.05) is 4.72 Å². The van der Waals surface area contributed by atoms with E-state index in [1.54, 1.807) is 24.3 Å². The number of anilines is 1. The molecule has 3 rings (SSSR count). The molecule has 3 aromatic rings. The molecule has 8 heteroatoms. The van der Waals surface area contributed by atoms with E-state index >= 15 is 0 Å². The number of benzene rings is 3. The number of nitrogens with one attached hydrogen (secondary N) is 1. The summed E-state index contributed by atoms with van der Waals surface area (Å²) < 4.78 is 34.0. The maximum absolute atomic E-state index is 12.4. The fourth-order valence-corrected chi connectivity index (χ4v) is 3.80. The molecule has 0 atom stereocenters. The van der Waals surface area contributed by atoms with Crippen molar-refractivity contribution in [1.82, 2.24) is 0 Å². The lowest BCUT2D eigenvalue weighted by atomic mass is 10.3. The lowest BCUT2D eigenvalue weighted by Gasteiger charge is -2.10. The molecule has 134 valence electrons. The predicted octanol–water partition coefficient (Wildman–Crippen LogP) is 6.35. The van der Waals surface area contributed by atoms with Crippen LogP contribution in [0.2, 0.25) is 10.0 Å². The number of sulfonamides is 1. The van der Waals surface area contributed by atoms with Crippen LogP contribution in [0.1, 0.15) is 0 Å². The Morgan fingerprint density at radius 3 is 1.96 bits per heavy atom. The average molecular weight is 473 g/mol. The quantitative estimate of drug-likeness (QED) is 0.470. The van der Waals surface area contributed by atoms with Gasteiger partial charge in [0.2, 0.25) is 0 Å². The fraction of sp³-hybridized carbons (Fsp3) is 0. The van der Waals surface area contributed by atoms with Crippen LogP contribution in [-0.2, 0) is 10.0 Å². The smallest absolute Gasteiger partial charge is 0.261 e. The molecule has 0 spiro atoms. The number of hydrogen-bond acceptors (Lipinski definition) is 3. The molecule has 0 fully saturated rings. The van der Waals surface area contributed by atoms with E-state index in [1.807, 2.05) is 24.3 Å². The molecule has 0 radical (unpaired) electrons. The van der Waals surface area contributed by atoms with Crippen molar-refractivity contribution in [1.29, 1.82) is 0 Å². The highest BCUT2D eigenvalue weighted by Crippen LogP contribution is 2.27. The second-order valence-corrected chi connectivity index (χ2v) is 8.67. The maximum Gasteiger partial charge on any atom is 0.261 e. The second-order valence-electron chi connectivity index (χ2n) is 5.26. The second kappa shape index (κ2) is 7.88. The van der Waals surface area contributed by atoms with Crippen molar-refractivity contribution >= 4 is 54.8 Å². The van der Waals surface area contributed by atoms with E-state index in [0.717, 1.165) is 4.47 Å².